The van der Waals surface area contributed by atoms with E-state index in [1.807, 2.05) is 0 Å². The maximum absolute atomic E-state index is 12.5. The molecule has 28 heavy (non-hydrogen) atoms. The summed E-state index contributed by atoms with van der Waals surface area (Å²) >= 11 is 2.78. The van der Waals surface area contributed by atoms with E-state index in [9.17, 15) is 13.2 Å². The van der Waals surface area contributed by atoms with Crippen LogP contribution in [0.5, 0.6) is 0 Å². The molecule has 11 heteroatoms. The van der Waals surface area contributed by atoms with Gasteiger partial charge in [-0.05, 0) is 17.7 Å². The minimum Gasteiger partial charge on any atom is -0.379 e. The van der Waals surface area contributed by atoms with Gasteiger partial charge >= 0.3 is 0 Å². The topological polar surface area (TPSA) is 101 Å². The molecular formula is C17H20N4O4S3. The fourth-order valence-corrected chi connectivity index (χ4v) is 5.51. The third kappa shape index (κ3) is 5.61. The highest BCUT2D eigenvalue weighted by Crippen LogP contribution is 2.25. The molecule has 0 aliphatic carbocycles. The zero-order valence-electron chi connectivity index (χ0n) is 15.0. The Morgan fingerprint density at radius 2 is 2.00 bits per heavy atom. The van der Waals surface area contributed by atoms with E-state index in [-0.39, 0.29) is 11.7 Å². The monoisotopic (exact) mass is 440 g/mol. The fourth-order valence-electron chi connectivity index (χ4n) is 2.50. The lowest BCUT2D eigenvalue weighted by Crippen LogP contribution is -2.41. The number of ether oxygens (including phenoxy) is 1. The first-order chi connectivity index (χ1) is 13.5. The molecule has 1 aliphatic heterocycles. The lowest BCUT2D eigenvalue weighted by Gasteiger charge is -2.26. The molecule has 0 atom stereocenters. The van der Waals surface area contributed by atoms with Gasteiger partial charge in [0.15, 0.2) is 4.34 Å². The number of thioether (sulfide) groups is 1. The number of hydrogen-bond donors (Lipinski definition) is 1. The molecule has 8 nitrogen and oxygen atoms in total. The molecule has 2 aromatic rings. The van der Waals surface area contributed by atoms with Gasteiger partial charge in [0.05, 0.1) is 19.0 Å². The van der Waals surface area contributed by atoms with Gasteiger partial charge in [0.25, 0.3) is 5.91 Å². The first kappa shape index (κ1) is 20.9. The SMILES string of the molecule is C=CCSc1nnc(NC(=O)c2ccc(CS(=O)(=O)N3CCOCC3)cc2)s1. The molecule has 0 unspecified atom stereocenters. The van der Waals surface area contributed by atoms with E-state index < -0.39 is 10.0 Å². The predicted octanol–water partition coefficient (Wildman–Crippen LogP) is 2.23. The highest BCUT2D eigenvalue weighted by molar-refractivity contribution is 8.01. The average molecular weight is 441 g/mol. The van der Waals surface area contributed by atoms with Crippen LogP contribution in [0, 0.1) is 0 Å². The number of nitrogens with one attached hydrogen (secondary N) is 1. The van der Waals surface area contributed by atoms with E-state index in [4.69, 9.17) is 4.74 Å². The second kappa shape index (κ2) is 9.61. The van der Waals surface area contributed by atoms with Gasteiger partial charge < -0.3 is 4.74 Å². The Kier molecular flexibility index (Phi) is 7.18. The maximum atomic E-state index is 12.5. The summed E-state index contributed by atoms with van der Waals surface area (Å²) in [4.78, 5) is 12.3. The first-order valence-electron chi connectivity index (χ1n) is 8.51. The molecule has 0 radical (unpaired) electrons. The van der Waals surface area contributed by atoms with Crippen molar-refractivity contribution in [1.82, 2.24) is 14.5 Å². The Morgan fingerprint density at radius 1 is 1.29 bits per heavy atom. The fraction of sp³-hybridized carbons (Fsp3) is 0.353. The number of carbonyl (C=O) groups is 1. The molecule has 0 bridgehead atoms. The number of aromatic nitrogens is 2. The number of carbonyl (C=O) groups excluding carboxylic acids is 1. The number of benzene rings is 1. The molecule has 1 saturated heterocycles. The number of amides is 1. The minimum atomic E-state index is -3.40. The highest BCUT2D eigenvalue weighted by atomic mass is 32.2. The first-order valence-corrected chi connectivity index (χ1v) is 11.9. The number of morpholine rings is 1. The van der Waals surface area contributed by atoms with Crippen molar-refractivity contribution < 1.29 is 17.9 Å². The van der Waals surface area contributed by atoms with Crippen molar-refractivity contribution in [3.05, 3.63) is 48.0 Å². The van der Waals surface area contributed by atoms with Crippen molar-refractivity contribution >= 4 is 44.2 Å². The Bertz CT molecular complexity index is 922. The predicted molar refractivity (Wildman–Crippen MR) is 110 cm³/mol. The van der Waals surface area contributed by atoms with Gasteiger partial charge in [-0.2, -0.15) is 4.31 Å². The molecule has 3 rings (SSSR count). The number of hydrogen-bond acceptors (Lipinski definition) is 8. The van der Waals surface area contributed by atoms with Crippen LogP contribution in [-0.2, 0) is 20.5 Å². The van der Waals surface area contributed by atoms with Crippen molar-refractivity contribution in [3.8, 4) is 0 Å². The zero-order chi connectivity index (χ0) is 20.0. The quantitative estimate of drug-likeness (QED) is 0.381. The third-order valence-electron chi connectivity index (χ3n) is 3.88. The summed E-state index contributed by atoms with van der Waals surface area (Å²) in [6.45, 7) is 5.22. The van der Waals surface area contributed by atoms with E-state index in [2.05, 4.69) is 22.1 Å². The zero-order valence-corrected chi connectivity index (χ0v) is 17.5. The molecule has 1 amide bonds. The Hall–Kier alpha value is -1.79. The number of anilines is 1. The van der Waals surface area contributed by atoms with Crippen LogP contribution in [0.2, 0.25) is 0 Å². The third-order valence-corrected chi connectivity index (χ3v) is 7.70. The van der Waals surface area contributed by atoms with Crippen LogP contribution in [0.3, 0.4) is 0 Å². The van der Waals surface area contributed by atoms with E-state index >= 15 is 0 Å². The van der Waals surface area contributed by atoms with Crippen LogP contribution in [0.25, 0.3) is 0 Å². The molecule has 1 aromatic carbocycles. The van der Waals surface area contributed by atoms with Gasteiger partial charge in [-0.25, -0.2) is 8.42 Å². The minimum absolute atomic E-state index is 0.102. The largest absolute Gasteiger partial charge is 0.379 e. The average Bonchev–Trinajstić information content (AvgIpc) is 3.14. The normalized spacial score (nSPS) is 15.3. The molecule has 1 aliphatic rings. The van der Waals surface area contributed by atoms with Gasteiger partial charge in [0.2, 0.25) is 15.2 Å². The van der Waals surface area contributed by atoms with E-state index in [1.54, 1.807) is 30.3 Å². The summed E-state index contributed by atoms with van der Waals surface area (Å²) in [5.41, 5.74) is 1.05. The molecule has 1 fully saturated rings. The molecular weight excluding hydrogens is 420 g/mol. The summed E-state index contributed by atoms with van der Waals surface area (Å²) in [7, 11) is -3.40. The van der Waals surface area contributed by atoms with Crippen LogP contribution in [0.15, 0.2) is 41.3 Å². The molecule has 1 N–H and O–H groups in total. The van der Waals surface area contributed by atoms with Gasteiger partial charge in [-0.15, -0.1) is 16.8 Å². The Balaban J connectivity index is 1.59. The van der Waals surface area contributed by atoms with Gasteiger partial charge in [-0.1, -0.05) is 41.3 Å². The Labute approximate surface area is 172 Å². The van der Waals surface area contributed by atoms with Gasteiger partial charge in [-0.3, -0.25) is 10.1 Å². The van der Waals surface area contributed by atoms with Crippen molar-refractivity contribution in [3.63, 3.8) is 0 Å². The number of nitrogens with zero attached hydrogens (tertiary/aromatic N) is 3. The van der Waals surface area contributed by atoms with Crippen LogP contribution in [0.1, 0.15) is 15.9 Å². The second-order valence-corrected chi connectivity index (χ2v) is 10.1. The molecule has 0 spiro atoms. The lowest BCUT2D eigenvalue weighted by molar-refractivity contribution is 0.0729. The van der Waals surface area contributed by atoms with Crippen LogP contribution < -0.4 is 5.32 Å². The summed E-state index contributed by atoms with van der Waals surface area (Å²) < 4.78 is 32.3. The summed E-state index contributed by atoms with van der Waals surface area (Å²) in [6, 6.07) is 6.51. The second-order valence-electron chi connectivity index (χ2n) is 5.89. The summed E-state index contributed by atoms with van der Waals surface area (Å²) in [5.74, 6) is 0.297. The van der Waals surface area contributed by atoms with Gasteiger partial charge in [0.1, 0.15) is 0 Å². The van der Waals surface area contributed by atoms with Crippen LogP contribution >= 0.6 is 23.1 Å². The van der Waals surface area contributed by atoms with Crippen molar-refractivity contribution in [2.75, 3.05) is 37.4 Å². The smallest absolute Gasteiger partial charge is 0.257 e. The summed E-state index contributed by atoms with van der Waals surface area (Å²) in [6.07, 6.45) is 1.77. The van der Waals surface area contributed by atoms with Crippen LogP contribution in [0.4, 0.5) is 5.13 Å². The van der Waals surface area contributed by atoms with E-state index in [0.29, 0.717) is 42.6 Å². The maximum Gasteiger partial charge on any atom is 0.257 e. The van der Waals surface area contributed by atoms with Crippen LogP contribution in [-0.4, -0.2) is 60.9 Å². The molecule has 150 valence electrons. The van der Waals surface area contributed by atoms with E-state index in [0.717, 1.165) is 10.1 Å². The molecule has 2 heterocycles. The van der Waals surface area contributed by atoms with Crippen molar-refractivity contribution in [2.45, 2.75) is 10.1 Å². The molecule has 1 aromatic heterocycles. The standard InChI is InChI=1S/C17H20N4O4S3/c1-2-11-26-17-20-19-16(27-17)18-15(22)14-5-3-13(4-6-14)12-28(23,24)21-7-9-25-10-8-21/h2-6H,1,7-12H2,(H,18,19,22). The van der Waals surface area contributed by atoms with Gasteiger partial charge in [0, 0.05) is 24.4 Å². The van der Waals surface area contributed by atoms with E-state index in [1.165, 1.54) is 27.4 Å². The number of rotatable bonds is 8. The van der Waals surface area contributed by atoms with Crippen molar-refractivity contribution in [1.29, 1.82) is 0 Å². The van der Waals surface area contributed by atoms with Crippen molar-refractivity contribution in [2.24, 2.45) is 0 Å². The Morgan fingerprint density at radius 3 is 2.68 bits per heavy atom. The molecule has 0 saturated carbocycles. The number of sulfonamides is 1. The highest BCUT2D eigenvalue weighted by Gasteiger charge is 2.24. The lowest BCUT2D eigenvalue weighted by atomic mass is 10.1. The summed E-state index contributed by atoms with van der Waals surface area (Å²) in [5, 5.41) is 11.0.